The molecule has 1 N–H and O–H groups in total. The third-order valence-electron chi connectivity index (χ3n) is 5.33. The van der Waals surface area contributed by atoms with Gasteiger partial charge in [0.1, 0.15) is 11.6 Å². The number of para-hydroxylation sites is 1. The molecule has 0 fully saturated rings. The number of anilines is 1. The number of carbonyl (C=O) groups is 2. The summed E-state index contributed by atoms with van der Waals surface area (Å²) >= 11 is 15.6. The second kappa shape index (κ2) is 11.5. The molecule has 4 aromatic carbocycles. The molecular weight excluding hydrogens is 579 g/mol. The lowest BCUT2D eigenvalue weighted by molar-refractivity contribution is -0.112. The van der Waals surface area contributed by atoms with E-state index >= 15 is 0 Å². The van der Waals surface area contributed by atoms with Gasteiger partial charge in [0.2, 0.25) is 0 Å². The van der Waals surface area contributed by atoms with Crippen molar-refractivity contribution >= 4 is 73.5 Å². The number of esters is 1. The van der Waals surface area contributed by atoms with Gasteiger partial charge in [-0.3, -0.25) is 4.79 Å². The molecule has 0 spiro atoms. The number of nitrogens with one attached hydrogen (secondary N) is 1. The molecule has 0 radical (unpaired) electrons. The maximum atomic E-state index is 13.0. The number of ether oxygens (including phenoxy) is 2. The van der Waals surface area contributed by atoms with E-state index in [4.69, 9.17) is 32.7 Å². The zero-order chi connectivity index (χ0) is 26.5. The van der Waals surface area contributed by atoms with Gasteiger partial charge >= 0.3 is 5.97 Å². The third kappa shape index (κ3) is 5.78. The molecule has 9 heteroatoms. The topological polar surface area (TPSA) is 88.4 Å². The number of nitriles is 1. The molecule has 0 aromatic heterocycles. The molecule has 4 aromatic rings. The van der Waals surface area contributed by atoms with Crippen molar-refractivity contribution in [2.24, 2.45) is 0 Å². The molecular formula is C28H17BrCl2N2O4. The summed E-state index contributed by atoms with van der Waals surface area (Å²) in [7, 11) is 1.42. The van der Waals surface area contributed by atoms with Crippen LogP contribution < -0.4 is 14.8 Å². The van der Waals surface area contributed by atoms with Gasteiger partial charge in [-0.1, -0.05) is 65.7 Å². The highest BCUT2D eigenvalue weighted by molar-refractivity contribution is 9.10. The Hall–Kier alpha value is -3.83. The monoisotopic (exact) mass is 594 g/mol. The predicted octanol–water partition coefficient (Wildman–Crippen LogP) is 7.68. The Balaban J connectivity index is 1.63. The van der Waals surface area contributed by atoms with Crippen LogP contribution in [0.2, 0.25) is 10.0 Å². The number of fused-ring (bicyclic) bond motifs is 1. The highest BCUT2D eigenvalue weighted by atomic mass is 79.9. The number of hydrogen-bond acceptors (Lipinski definition) is 5. The molecule has 184 valence electrons. The average molecular weight is 596 g/mol. The van der Waals surface area contributed by atoms with Gasteiger partial charge < -0.3 is 14.8 Å². The Morgan fingerprint density at radius 1 is 1.00 bits per heavy atom. The minimum absolute atomic E-state index is 0.156. The van der Waals surface area contributed by atoms with Crippen molar-refractivity contribution in [2.45, 2.75) is 0 Å². The van der Waals surface area contributed by atoms with E-state index in [1.54, 1.807) is 42.5 Å². The number of carbonyl (C=O) groups excluding carboxylic acids is 2. The molecule has 0 saturated heterocycles. The van der Waals surface area contributed by atoms with Crippen LogP contribution in [0.25, 0.3) is 16.8 Å². The Morgan fingerprint density at radius 3 is 2.38 bits per heavy atom. The summed E-state index contributed by atoms with van der Waals surface area (Å²) in [6.45, 7) is 0. The van der Waals surface area contributed by atoms with E-state index in [9.17, 15) is 14.9 Å². The van der Waals surface area contributed by atoms with Crippen LogP contribution >= 0.6 is 39.1 Å². The highest BCUT2D eigenvalue weighted by Crippen LogP contribution is 2.38. The Kier molecular flexibility index (Phi) is 8.14. The van der Waals surface area contributed by atoms with Crippen LogP contribution in [-0.4, -0.2) is 19.0 Å². The van der Waals surface area contributed by atoms with Crippen molar-refractivity contribution < 1.29 is 19.1 Å². The first-order chi connectivity index (χ1) is 17.8. The van der Waals surface area contributed by atoms with Crippen LogP contribution in [0.1, 0.15) is 15.9 Å². The SMILES string of the molecule is COc1cc(/C=C(\C#N)C(=O)Nc2c(Cl)cccc2Cl)cc(Br)c1OC(=O)c1cccc2ccccc12. The van der Waals surface area contributed by atoms with Gasteiger partial charge in [0.15, 0.2) is 11.5 Å². The van der Waals surface area contributed by atoms with Crippen LogP contribution in [0.5, 0.6) is 11.5 Å². The molecule has 0 saturated carbocycles. The van der Waals surface area contributed by atoms with Crippen LogP contribution in [0.4, 0.5) is 5.69 Å². The number of rotatable bonds is 6. The molecule has 0 aliphatic rings. The van der Waals surface area contributed by atoms with E-state index in [2.05, 4.69) is 21.2 Å². The van der Waals surface area contributed by atoms with E-state index < -0.39 is 11.9 Å². The van der Waals surface area contributed by atoms with E-state index in [1.807, 2.05) is 36.4 Å². The maximum absolute atomic E-state index is 13.0. The first kappa shape index (κ1) is 26.2. The Morgan fingerprint density at radius 2 is 1.68 bits per heavy atom. The molecule has 0 atom stereocenters. The number of benzene rings is 4. The number of nitrogens with zero attached hydrogens (tertiary/aromatic N) is 1. The summed E-state index contributed by atoms with van der Waals surface area (Å²) in [4.78, 5) is 25.8. The van der Waals surface area contributed by atoms with Crippen molar-refractivity contribution in [3.63, 3.8) is 0 Å². The Bertz CT molecular complexity index is 1590. The minimum atomic E-state index is -0.695. The van der Waals surface area contributed by atoms with Crippen molar-refractivity contribution in [1.82, 2.24) is 0 Å². The minimum Gasteiger partial charge on any atom is -0.493 e. The van der Waals surface area contributed by atoms with Gasteiger partial charge in [-0.05, 0) is 68.7 Å². The summed E-state index contributed by atoms with van der Waals surface area (Å²) in [5.41, 5.74) is 0.847. The van der Waals surface area contributed by atoms with E-state index in [-0.39, 0.29) is 32.8 Å². The van der Waals surface area contributed by atoms with Crippen LogP contribution in [-0.2, 0) is 4.79 Å². The summed E-state index contributed by atoms with van der Waals surface area (Å²) in [6, 6.07) is 22.7. The van der Waals surface area contributed by atoms with Crippen LogP contribution in [0.3, 0.4) is 0 Å². The third-order valence-corrected chi connectivity index (χ3v) is 6.55. The second-order valence-corrected chi connectivity index (χ2v) is 9.34. The van der Waals surface area contributed by atoms with Crippen molar-refractivity contribution in [3.05, 3.63) is 104 Å². The van der Waals surface area contributed by atoms with Gasteiger partial charge in [-0.15, -0.1) is 0 Å². The van der Waals surface area contributed by atoms with Gasteiger partial charge in [0.05, 0.1) is 32.9 Å². The average Bonchev–Trinajstić information content (AvgIpc) is 2.90. The smallest absolute Gasteiger partial charge is 0.344 e. The van der Waals surface area contributed by atoms with Gasteiger partial charge in [-0.2, -0.15) is 5.26 Å². The standard InChI is InChI=1S/C28H17BrCl2N2O4/c1-36-24-14-16(12-18(15-32)27(34)33-25-22(30)10-5-11-23(25)31)13-21(29)26(24)37-28(35)20-9-4-7-17-6-2-3-8-19(17)20/h2-14H,1H3,(H,33,34)/b18-12+. The lowest BCUT2D eigenvalue weighted by Crippen LogP contribution is -2.14. The number of methoxy groups -OCH3 is 1. The fraction of sp³-hybridized carbons (Fsp3) is 0.0357. The highest BCUT2D eigenvalue weighted by Gasteiger charge is 2.19. The number of hydrogen-bond donors (Lipinski definition) is 1. The first-order valence-corrected chi connectivity index (χ1v) is 12.3. The maximum Gasteiger partial charge on any atom is 0.344 e. The Labute approximate surface area is 231 Å². The number of halogens is 3. The quantitative estimate of drug-likeness (QED) is 0.107. The van der Waals surface area contributed by atoms with Crippen molar-refractivity contribution in [2.75, 3.05) is 12.4 Å². The van der Waals surface area contributed by atoms with Crippen molar-refractivity contribution in [1.29, 1.82) is 5.26 Å². The summed E-state index contributed by atoms with van der Waals surface area (Å²) in [5, 5.41) is 14.3. The fourth-order valence-corrected chi connectivity index (χ4v) is 4.62. The predicted molar refractivity (Wildman–Crippen MR) is 148 cm³/mol. The zero-order valence-electron chi connectivity index (χ0n) is 19.2. The van der Waals surface area contributed by atoms with Gasteiger partial charge in [0, 0.05) is 0 Å². The lowest BCUT2D eigenvalue weighted by Gasteiger charge is -2.13. The molecule has 0 aliphatic carbocycles. The summed E-state index contributed by atoms with van der Waals surface area (Å²) in [5.74, 6) is -0.878. The molecule has 6 nitrogen and oxygen atoms in total. The summed E-state index contributed by atoms with van der Waals surface area (Å²) in [6.07, 6.45) is 1.36. The molecule has 0 bridgehead atoms. The molecule has 0 heterocycles. The van der Waals surface area contributed by atoms with Gasteiger partial charge in [0.25, 0.3) is 5.91 Å². The second-order valence-electron chi connectivity index (χ2n) is 7.67. The molecule has 0 aliphatic heterocycles. The van der Waals surface area contributed by atoms with E-state index in [1.165, 1.54) is 13.2 Å². The number of amides is 1. The van der Waals surface area contributed by atoms with Gasteiger partial charge in [-0.25, -0.2) is 4.79 Å². The van der Waals surface area contributed by atoms with Crippen molar-refractivity contribution in [3.8, 4) is 17.6 Å². The largest absolute Gasteiger partial charge is 0.493 e. The fourth-order valence-electron chi connectivity index (χ4n) is 3.59. The zero-order valence-corrected chi connectivity index (χ0v) is 22.3. The lowest BCUT2D eigenvalue weighted by atomic mass is 10.0. The van der Waals surface area contributed by atoms with E-state index in [0.29, 0.717) is 15.6 Å². The van der Waals surface area contributed by atoms with E-state index in [0.717, 1.165) is 10.8 Å². The normalized spacial score (nSPS) is 11.1. The van der Waals surface area contributed by atoms with Crippen LogP contribution in [0, 0.1) is 11.3 Å². The van der Waals surface area contributed by atoms with Crippen LogP contribution in [0.15, 0.2) is 82.8 Å². The molecule has 37 heavy (non-hydrogen) atoms. The first-order valence-electron chi connectivity index (χ1n) is 10.8. The molecule has 1 amide bonds. The summed E-state index contributed by atoms with van der Waals surface area (Å²) < 4.78 is 11.5. The molecule has 0 unspecified atom stereocenters. The molecule has 4 rings (SSSR count).